The van der Waals surface area contributed by atoms with Crippen LogP contribution < -0.4 is 10.6 Å². The van der Waals surface area contributed by atoms with Crippen LogP contribution in [0.15, 0.2) is 0 Å². The molecule has 3 rings (SSSR count). The van der Waals surface area contributed by atoms with Crippen LogP contribution in [0, 0.1) is 17.8 Å². The maximum atomic E-state index is 11.8. The van der Waals surface area contributed by atoms with Gasteiger partial charge in [-0.3, -0.25) is 14.9 Å². The van der Waals surface area contributed by atoms with Crippen molar-refractivity contribution in [2.75, 3.05) is 0 Å². The lowest BCUT2D eigenvalue weighted by Crippen LogP contribution is -2.54. The first-order chi connectivity index (χ1) is 7.53. The van der Waals surface area contributed by atoms with Crippen LogP contribution in [0.3, 0.4) is 0 Å². The van der Waals surface area contributed by atoms with Crippen molar-refractivity contribution in [1.82, 2.24) is 10.6 Å². The third-order valence-electron chi connectivity index (χ3n) is 4.19. The lowest BCUT2D eigenvalue weighted by atomic mass is 9.74. The minimum absolute atomic E-state index is 0.246. The maximum Gasteiger partial charge on any atom is 0.322 e. The zero-order chi connectivity index (χ0) is 11.5. The second-order valence-electron chi connectivity index (χ2n) is 4.97. The molecule has 2 bridgehead atoms. The summed E-state index contributed by atoms with van der Waals surface area (Å²) in [4.78, 5) is 34.0. The number of carboxylic acids is 1. The highest BCUT2D eigenvalue weighted by Crippen LogP contribution is 2.54. The molecule has 16 heavy (non-hydrogen) atoms. The van der Waals surface area contributed by atoms with Crippen molar-refractivity contribution in [2.24, 2.45) is 17.8 Å². The summed E-state index contributed by atoms with van der Waals surface area (Å²) in [5, 5.41) is 13.9. The third kappa shape index (κ3) is 0.989. The molecular weight excluding hydrogens is 212 g/mol. The SMILES string of the molecule is O=C1NC(=O)[C@]2(C[C@H]3C[C@H](C(=O)O)[C@H]2C3)N1. The smallest absolute Gasteiger partial charge is 0.322 e. The normalized spacial score (nSPS) is 44.9. The molecule has 6 nitrogen and oxygen atoms in total. The fraction of sp³-hybridized carbons (Fsp3) is 0.700. The van der Waals surface area contributed by atoms with E-state index in [2.05, 4.69) is 10.6 Å². The molecule has 0 radical (unpaired) electrons. The van der Waals surface area contributed by atoms with E-state index >= 15 is 0 Å². The largest absolute Gasteiger partial charge is 0.481 e. The first-order valence-corrected chi connectivity index (χ1v) is 5.39. The molecule has 3 aliphatic rings. The Labute approximate surface area is 91.4 Å². The van der Waals surface area contributed by atoms with Gasteiger partial charge in [-0.1, -0.05) is 0 Å². The number of aliphatic carboxylic acids is 1. The Morgan fingerprint density at radius 2 is 2.12 bits per heavy atom. The quantitative estimate of drug-likeness (QED) is 0.532. The first-order valence-electron chi connectivity index (χ1n) is 5.39. The van der Waals surface area contributed by atoms with Crippen molar-refractivity contribution in [3.05, 3.63) is 0 Å². The van der Waals surface area contributed by atoms with E-state index in [4.69, 9.17) is 5.11 Å². The van der Waals surface area contributed by atoms with Gasteiger partial charge in [0.2, 0.25) is 0 Å². The lowest BCUT2D eigenvalue weighted by molar-refractivity contribution is -0.145. The van der Waals surface area contributed by atoms with Crippen LogP contribution in [0.1, 0.15) is 19.3 Å². The monoisotopic (exact) mass is 224 g/mol. The van der Waals surface area contributed by atoms with Crippen molar-refractivity contribution in [1.29, 1.82) is 0 Å². The van der Waals surface area contributed by atoms with Crippen molar-refractivity contribution < 1.29 is 19.5 Å². The highest BCUT2D eigenvalue weighted by atomic mass is 16.4. The van der Waals surface area contributed by atoms with E-state index in [9.17, 15) is 14.4 Å². The molecule has 1 spiro atoms. The molecule has 3 amide bonds. The van der Waals surface area contributed by atoms with Gasteiger partial charge in [0.25, 0.3) is 5.91 Å². The summed E-state index contributed by atoms with van der Waals surface area (Å²) in [6.45, 7) is 0. The van der Waals surface area contributed by atoms with E-state index in [0.29, 0.717) is 12.8 Å². The van der Waals surface area contributed by atoms with Gasteiger partial charge in [0.1, 0.15) is 5.54 Å². The molecule has 4 atom stereocenters. The number of rotatable bonds is 1. The molecule has 1 aliphatic heterocycles. The van der Waals surface area contributed by atoms with E-state index in [0.717, 1.165) is 6.42 Å². The maximum absolute atomic E-state index is 11.8. The fourth-order valence-electron chi connectivity index (χ4n) is 3.64. The number of hydrogen-bond acceptors (Lipinski definition) is 3. The number of urea groups is 1. The molecule has 1 heterocycles. The van der Waals surface area contributed by atoms with Crippen LogP contribution in [-0.4, -0.2) is 28.6 Å². The van der Waals surface area contributed by atoms with Crippen LogP contribution in [0.2, 0.25) is 0 Å². The van der Waals surface area contributed by atoms with Gasteiger partial charge in [-0.25, -0.2) is 4.79 Å². The zero-order valence-corrected chi connectivity index (χ0v) is 8.53. The predicted molar refractivity (Wildman–Crippen MR) is 51.4 cm³/mol. The van der Waals surface area contributed by atoms with Crippen LogP contribution >= 0.6 is 0 Å². The number of nitrogens with one attached hydrogen (secondary N) is 2. The van der Waals surface area contributed by atoms with Gasteiger partial charge in [-0.05, 0) is 25.2 Å². The number of fused-ring (bicyclic) bond motifs is 3. The average molecular weight is 224 g/mol. The molecule has 2 aliphatic carbocycles. The summed E-state index contributed by atoms with van der Waals surface area (Å²) in [6.07, 6.45) is 1.94. The average Bonchev–Trinajstić information content (AvgIpc) is 2.80. The molecule has 3 N–H and O–H groups in total. The fourth-order valence-corrected chi connectivity index (χ4v) is 3.64. The van der Waals surface area contributed by atoms with Crippen molar-refractivity contribution in [2.45, 2.75) is 24.8 Å². The van der Waals surface area contributed by atoms with Gasteiger partial charge in [0, 0.05) is 5.92 Å². The first kappa shape index (κ1) is 9.62. The standard InChI is InChI=1S/C10H12N2O4/c13-7(14)5-1-4-2-6(5)10(3-4)8(15)11-9(16)12-10/h4-6H,1-3H2,(H,13,14)(H2,11,12,15,16)/t4-,5-,6+,10+/m0/s1. The van der Waals surface area contributed by atoms with E-state index in [1.807, 2.05) is 0 Å². The van der Waals surface area contributed by atoms with Gasteiger partial charge in [-0.2, -0.15) is 0 Å². The number of carbonyl (C=O) groups excluding carboxylic acids is 2. The van der Waals surface area contributed by atoms with Gasteiger partial charge < -0.3 is 10.4 Å². The highest BCUT2D eigenvalue weighted by Gasteiger charge is 2.64. The molecule has 86 valence electrons. The summed E-state index contributed by atoms with van der Waals surface area (Å²) in [5.74, 6) is -1.71. The summed E-state index contributed by atoms with van der Waals surface area (Å²) >= 11 is 0. The van der Waals surface area contributed by atoms with Crippen LogP contribution in [0.4, 0.5) is 4.79 Å². The topological polar surface area (TPSA) is 95.5 Å². The van der Waals surface area contributed by atoms with Crippen LogP contribution in [-0.2, 0) is 9.59 Å². The second-order valence-corrected chi connectivity index (χ2v) is 4.97. The molecule has 0 aromatic rings. The Balaban J connectivity index is 1.96. The molecule has 2 saturated carbocycles. The third-order valence-corrected chi connectivity index (χ3v) is 4.19. The van der Waals surface area contributed by atoms with E-state index in [1.165, 1.54) is 0 Å². The van der Waals surface area contributed by atoms with Crippen molar-refractivity contribution in [3.63, 3.8) is 0 Å². The molecule has 6 heteroatoms. The minimum Gasteiger partial charge on any atom is -0.481 e. The molecule has 0 aromatic heterocycles. The van der Waals surface area contributed by atoms with Gasteiger partial charge in [0.05, 0.1) is 5.92 Å². The summed E-state index contributed by atoms with van der Waals surface area (Å²) in [6, 6.07) is -0.498. The molecule has 1 saturated heterocycles. The van der Waals surface area contributed by atoms with Crippen molar-refractivity contribution >= 4 is 17.9 Å². The number of carbonyl (C=O) groups is 3. The number of carboxylic acid groups (broad SMARTS) is 1. The van der Waals surface area contributed by atoms with Gasteiger partial charge in [-0.15, -0.1) is 0 Å². The predicted octanol–water partition coefficient (Wildman–Crippen LogP) is -0.305. The summed E-state index contributed by atoms with van der Waals surface area (Å²) < 4.78 is 0. The molecule has 0 aromatic carbocycles. The number of imide groups is 1. The Morgan fingerprint density at radius 3 is 2.62 bits per heavy atom. The Kier molecular flexibility index (Phi) is 1.65. The van der Waals surface area contributed by atoms with Gasteiger partial charge >= 0.3 is 12.0 Å². The summed E-state index contributed by atoms with van der Waals surface area (Å²) in [7, 11) is 0. The highest BCUT2D eigenvalue weighted by molar-refractivity contribution is 6.07. The minimum atomic E-state index is -0.941. The van der Waals surface area contributed by atoms with E-state index in [1.54, 1.807) is 0 Å². The van der Waals surface area contributed by atoms with Gasteiger partial charge in [0.15, 0.2) is 0 Å². The Bertz CT molecular complexity index is 408. The Hall–Kier alpha value is -1.59. The van der Waals surface area contributed by atoms with E-state index < -0.39 is 23.5 Å². The Morgan fingerprint density at radius 1 is 1.38 bits per heavy atom. The lowest BCUT2D eigenvalue weighted by Gasteiger charge is -2.33. The molecular formula is C10H12N2O4. The number of amides is 3. The zero-order valence-electron chi connectivity index (χ0n) is 8.53. The molecule has 0 unspecified atom stereocenters. The summed E-state index contributed by atoms with van der Waals surface area (Å²) in [5.41, 5.74) is -0.941. The van der Waals surface area contributed by atoms with E-state index in [-0.39, 0.29) is 17.7 Å². The number of hydrogen-bond donors (Lipinski definition) is 3. The molecule has 3 fully saturated rings. The second kappa shape index (κ2) is 2.75. The van der Waals surface area contributed by atoms with Crippen molar-refractivity contribution in [3.8, 4) is 0 Å². The van der Waals surface area contributed by atoms with Crippen LogP contribution in [0.5, 0.6) is 0 Å². The van der Waals surface area contributed by atoms with Crippen LogP contribution in [0.25, 0.3) is 0 Å².